The molecule has 0 spiro atoms. The van der Waals surface area contributed by atoms with E-state index in [4.69, 9.17) is 22.3 Å². The first-order valence-electron chi connectivity index (χ1n) is 25.2. The van der Waals surface area contributed by atoms with Gasteiger partial charge in [-0.05, 0) is 85.9 Å². The molecule has 0 radical (unpaired) electrons. The monoisotopic (exact) mass is 1000 g/mol. The minimum atomic E-state index is -3.37. The predicted octanol–water partition coefficient (Wildman–Crippen LogP) is 15.2. The Kier molecular flexibility index (Phi) is 9.10. The van der Waals surface area contributed by atoms with Gasteiger partial charge in [0.2, 0.25) is 0 Å². The Morgan fingerprint density at radius 3 is 1.90 bits per heavy atom. The minimum Gasteiger partial charge on any atom is -0.507 e. The normalized spacial score (nSPS) is 15.1. The number of phenolic OH excluding ortho intramolecular Hbond substituents is 1. The molecule has 0 saturated carbocycles. The van der Waals surface area contributed by atoms with Gasteiger partial charge in [0.1, 0.15) is 11.6 Å². The van der Waals surface area contributed by atoms with E-state index in [1.54, 1.807) is 36.5 Å². The SMILES string of the molecule is [2H]C([2H])([2H])C(c1ccc(-c2ccnc(-c3[c-]c(-c4cccc5c4nc(-c4ccccc4O)n5-c4ccc(C(C)(C)C(C)(C)C)cc4-c4ccccc4)cc(C(C)(C)C)c3)c2)cc1)(C([2H])([2H])[2H])C([2H])([2H])[2H].[Pt]. The van der Waals surface area contributed by atoms with Gasteiger partial charge in [-0.25, -0.2) is 4.98 Å². The molecule has 0 unspecified atom stereocenters. The molecule has 0 aliphatic carbocycles. The van der Waals surface area contributed by atoms with E-state index in [-0.39, 0.29) is 48.6 Å². The summed E-state index contributed by atoms with van der Waals surface area (Å²) >= 11 is 0. The molecule has 1 N–H and O–H groups in total. The van der Waals surface area contributed by atoms with E-state index < -0.39 is 26.0 Å². The Morgan fingerprint density at radius 2 is 1.23 bits per heavy atom. The first kappa shape index (κ1) is 34.0. The summed E-state index contributed by atoms with van der Waals surface area (Å²) < 4.78 is 75.8. The maximum atomic E-state index is 11.5. The van der Waals surface area contributed by atoms with Crippen molar-refractivity contribution in [1.82, 2.24) is 14.5 Å². The summed E-state index contributed by atoms with van der Waals surface area (Å²) in [6.45, 7) is 7.67. The molecule has 8 aromatic rings. The number of pyridine rings is 1. The van der Waals surface area contributed by atoms with Gasteiger partial charge in [-0.3, -0.25) is 9.55 Å². The van der Waals surface area contributed by atoms with Crippen LogP contribution in [-0.4, -0.2) is 19.6 Å². The quantitative estimate of drug-likeness (QED) is 0.162. The van der Waals surface area contributed by atoms with Gasteiger partial charge in [0, 0.05) is 50.9 Å². The van der Waals surface area contributed by atoms with Crippen LogP contribution in [0.5, 0.6) is 5.75 Å². The molecule has 318 valence electrons. The van der Waals surface area contributed by atoms with Gasteiger partial charge in [0.25, 0.3) is 0 Å². The second-order valence-corrected chi connectivity index (χ2v) is 18.6. The van der Waals surface area contributed by atoms with Gasteiger partial charge in [-0.2, -0.15) is 0 Å². The van der Waals surface area contributed by atoms with Crippen LogP contribution in [0.25, 0.3) is 72.7 Å². The minimum absolute atomic E-state index is 0. The molecule has 0 saturated heterocycles. The Morgan fingerprint density at radius 1 is 0.565 bits per heavy atom. The molecule has 62 heavy (non-hydrogen) atoms. The number of aromatic hydroxyl groups is 1. The van der Waals surface area contributed by atoms with Crippen molar-refractivity contribution >= 4 is 11.0 Å². The number of benzene rings is 6. The van der Waals surface area contributed by atoms with E-state index in [1.165, 1.54) is 17.7 Å². The topological polar surface area (TPSA) is 50.9 Å². The molecule has 0 amide bonds. The fraction of sp³-hybridized carbons (Fsp3) is 0.263. The third-order valence-corrected chi connectivity index (χ3v) is 12.5. The molecule has 8 rings (SSSR count). The molecule has 6 aromatic carbocycles. The second kappa shape index (κ2) is 16.6. The number of nitrogens with zero attached hydrogens (tertiary/aromatic N) is 3. The third-order valence-electron chi connectivity index (χ3n) is 12.5. The van der Waals surface area contributed by atoms with Gasteiger partial charge >= 0.3 is 0 Å². The summed E-state index contributed by atoms with van der Waals surface area (Å²) in [5.41, 5.74) is 7.52. The Hall–Kier alpha value is -5.57. The maximum absolute atomic E-state index is 11.5. The van der Waals surface area contributed by atoms with E-state index in [0.717, 1.165) is 39.0 Å². The number of hydrogen-bond acceptors (Lipinski definition) is 3. The molecule has 0 fully saturated rings. The van der Waals surface area contributed by atoms with Crippen molar-refractivity contribution in [2.45, 2.75) is 92.2 Å². The Labute approximate surface area is 396 Å². The van der Waals surface area contributed by atoms with Crippen molar-refractivity contribution in [2.24, 2.45) is 5.41 Å². The van der Waals surface area contributed by atoms with Crippen molar-refractivity contribution in [2.75, 3.05) is 0 Å². The van der Waals surface area contributed by atoms with E-state index >= 15 is 0 Å². The van der Waals surface area contributed by atoms with Crippen LogP contribution in [0.3, 0.4) is 0 Å². The molecule has 0 bridgehead atoms. The van der Waals surface area contributed by atoms with Crippen LogP contribution in [0.15, 0.2) is 146 Å². The fourth-order valence-corrected chi connectivity index (χ4v) is 7.76. The largest absolute Gasteiger partial charge is 0.507 e. The molecular formula is C57H58N3OPt-. The number of phenols is 1. The van der Waals surface area contributed by atoms with Crippen LogP contribution >= 0.6 is 0 Å². The van der Waals surface area contributed by atoms with Gasteiger partial charge in [-0.1, -0.05) is 178 Å². The van der Waals surface area contributed by atoms with Crippen molar-refractivity contribution in [3.05, 3.63) is 168 Å². The van der Waals surface area contributed by atoms with E-state index in [1.807, 2.05) is 48.5 Å². The van der Waals surface area contributed by atoms with Gasteiger partial charge < -0.3 is 5.11 Å². The average molecular weight is 1010 g/mol. The number of para-hydroxylation sites is 2. The number of aromatic nitrogens is 3. The molecule has 4 nitrogen and oxygen atoms in total. The van der Waals surface area contributed by atoms with Crippen LogP contribution in [-0.2, 0) is 37.3 Å². The predicted molar refractivity (Wildman–Crippen MR) is 256 cm³/mol. The number of fused-ring (bicyclic) bond motifs is 1. The molecule has 2 heterocycles. The zero-order valence-electron chi connectivity index (χ0n) is 45.5. The van der Waals surface area contributed by atoms with Crippen molar-refractivity contribution < 1.29 is 38.5 Å². The van der Waals surface area contributed by atoms with Crippen molar-refractivity contribution in [3.63, 3.8) is 0 Å². The van der Waals surface area contributed by atoms with Crippen LogP contribution in [0.1, 0.15) is 105 Å². The summed E-state index contributed by atoms with van der Waals surface area (Å²) in [5, 5.41) is 11.5. The van der Waals surface area contributed by atoms with Crippen molar-refractivity contribution in [3.8, 4) is 67.5 Å². The second-order valence-electron chi connectivity index (χ2n) is 18.6. The van der Waals surface area contributed by atoms with E-state index in [0.29, 0.717) is 39.3 Å². The molecule has 2 aromatic heterocycles. The smallest absolute Gasteiger partial charge is 0.148 e. The fourth-order valence-electron chi connectivity index (χ4n) is 7.76. The zero-order chi connectivity index (χ0) is 51.0. The average Bonchev–Trinajstić information content (AvgIpc) is 3.67. The molecule has 5 heteroatoms. The summed E-state index contributed by atoms with van der Waals surface area (Å²) in [5.74, 6) is 0.671. The van der Waals surface area contributed by atoms with Gasteiger partial charge in [0.15, 0.2) is 0 Å². The summed E-state index contributed by atoms with van der Waals surface area (Å²) in [6, 6.07) is 47.6. The molecular weight excluding hydrogens is 938 g/mol. The first-order chi connectivity index (χ1) is 32.6. The van der Waals surface area contributed by atoms with E-state index in [2.05, 4.69) is 115 Å². The van der Waals surface area contributed by atoms with Crippen LogP contribution in [0, 0.1) is 11.5 Å². The third kappa shape index (κ3) is 8.47. The van der Waals surface area contributed by atoms with Crippen LogP contribution in [0.4, 0.5) is 0 Å². The number of imidazole rings is 1. The first-order valence-corrected chi connectivity index (χ1v) is 20.7. The summed E-state index contributed by atoms with van der Waals surface area (Å²) in [4.78, 5) is 10.2. The van der Waals surface area contributed by atoms with Gasteiger partial charge in [0.05, 0.1) is 22.3 Å². The summed E-state index contributed by atoms with van der Waals surface area (Å²) in [6.07, 6.45) is 1.66. The van der Waals surface area contributed by atoms with E-state index in [9.17, 15) is 5.11 Å². The maximum Gasteiger partial charge on any atom is 0.148 e. The number of rotatable bonds is 7. The Bertz CT molecular complexity index is 3190. The summed E-state index contributed by atoms with van der Waals surface area (Å²) in [7, 11) is 0. The number of hydrogen-bond donors (Lipinski definition) is 1. The Balaban J connectivity index is 0.00000741. The molecule has 0 aliphatic rings. The van der Waals surface area contributed by atoms with Crippen molar-refractivity contribution in [1.29, 1.82) is 0 Å². The zero-order valence-corrected chi connectivity index (χ0v) is 38.7. The molecule has 0 atom stereocenters. The standard InChI is InChI=1S/C57H58N3O.Pt/c1-54(2,3)42-26-24-37(25-27-42)39-30-31-58-48(35-39)41-32-40(33-44(34-41)55(4,5)6)45-21-17-22-50-52(45)59-53(46-20-15-16-23-51(46)61)60(50)49-29-28-43(57(10,11)56(7,8)9)36-47(49)38-18-13-12-14-19-38;/h12-31,33-36,61H,1-11H3;/q-1;/i1D3,2D3,3D3;. The van der Waals surface area contributed by atoms with Crippen LogP contribution < -0.4 is 0 Å². The van der Waals surface area contributed by atoms with Gasteiger partial charge in [-0.15, -0.1) is 29.3 Å². The molecule has 0 aliphatic heterocycles. The van der Waals surface area contributed by atoms with Crippen LogP contribution in [0.2, 0.25) is 0 Å².